The van der Waals surface area contributed by atoms with Crippen molar-refractivity contribution in [1.29, 1.82) is 0 Å². The van der Waals surface area contributed by atoms with E-state index in [1.807, 2.05) is 25.1 Å². The molecule has 1 fully saturated rings. The van der Waals surface area contributed by atoms with E-state index in [1.54, 1.807) is 22.1 Å². The van der Waals surface area contributed by atoms with Crippen LogP contribution in [-0.4, -0.2) is 55.7 Å². The van der Waals surface area contributed by atoms with Gasteiger partial charge in [-0.2, -0.15) is 5.10 Å². The second kappa shape index (κ2) is 9.11. The van der Waals surface area contributed by atoms with E-state index in [-0.39, 0.29) is 23.9 Å². The number of hydrogen-bond donors (Lipinski definition) is 2. The quantitative estimate of drug-likeness (QED) is 0.781. The largest absolute Gasteiger partial charge is 0.350 e. The molecule has 3 rings (SSSR count). The van der Waals surface area contributed by atoms with Crippen LogP contribution in [0.25, 0.3) is 0 Å². The Kier molecular flexibility index (Phi) is 6.35. The predicted octanol–water partition coefficient (Wildman–Crippen LogP) is 0.800. The van der Waals surface area contributed by atoms with Gasteiger partial charge in [0.05, 0.1) is 18.8 Å². The van der Waals surface area contributed by atoms with Gasteiger partial charge < -0.3 is 15.5 Å². The molecule has 9 heteroatoms. The summed E-state index contributed by atoms with van der Waals surface area (Å²) in [5, 5.41) is 9.94. The molecule has 0 aliphatic carbocycles. The zero-order valence-electron chi connectivity index (χ0n) is 15.4. The number of hydrogen-bond acceptors (Lipinski definition) is 5. The summed E-state index contributed by atoms with van der Waals surface area (Å²) in [6, 6.07) is 5.47. The summed E-state index contributed by atoms with van der Waals surface area (Å²) in [7, 11) is 0. The molecule has 144 valence electrons. The summed E-state index contributed by atoms with van der Waals surface area (Å²) in [6.07, 6.45) is 6.14. The smallest absolute Gasteiger partial charge is 0.317 e. The van der Waals surface area contributed by atoms with E-state index in [2.05, 4.69) is 25.7 Å². The van der Waals surface area contributed by atoms with E-state index >= 15 is 0 Å². The number of nitrogens with zero attached hydrogens (tertiary/aromatic N) is 5. The minimum Gasteiger partial charge on any atom is -0.350 e. The summed E-state index contributed by atoms with van der Waals surface area (Å²) >= 11 is 0. The zero-order valence-corrected chi connectivity index (χ0v) is 15.4. The molecule has 1 atom stereocenters. The number of piperidine rings is 1. The van der Waals surface area contributed by atoms with Crippen molar-refractivity contribution < 1.29 is 9.59 Å². The second-order valence-electron chi connectivity index (χ2n) is 6.77. The van der Waals surface area contributed by atoms with E-state index < -0.39 is 0 Å². The first kappa shape index (κ1) is 18.8. The van der Waals surface area contributed by atoms with Crippen molar-refractivity contribution in [1.82, 2.24) is 35.3 Å². The van der Waals surface area contributed by atoms with Gasteiger partial charge in [-0.3, -0.25) is 14.5 Å². The minimum absolute atomic E-state index is 0.0280. The molecule has 2 aromatic heterocycles. The molecular formula is C18H25N7O2. The standard InChI is InChI=1S/C18H25N7O2/c1-14(11-25-13-19-12-22-25)23-18(27)24-8-5-15(6-9-24)17(26)21-10-16-4-2-3-7-20-16/h2-4,7,12-15H,5-6,8-11H2,1H3,(H,21,26)(H,23,27)/t14-/m0/s1. The number of urea groups is 1. The van der Waals surface area contributed by atoms with Crippen LogP contribution in [0.3, 0.4) is 0 Å². The van der Waals surface area contributed by atoms with Crippen LogP contribution in [0.1, 0.15) is 25.5 Å². The first-order valence-electron chi connectivity index (χ1n) is 9.17. The van der Waals surface area contributed by atoms with Gasteiger partial charge in [0.25, 0.3) is 0 Å². The molecule has 0 spiro atoms. The summed E-state index contributed by atoms with van der Waals surface area (Å²) in [5.41, 5.74) is 0.837. The van der Waals surface area contributed by atoms with Gasteiger partial charge in [-0.25, -0.2) is 9.78 Å². The third-order valence-electron chi connectivity index (χ3n) is 4.62. The lowest BCUT2D eigenvalue weighted by molar-refractivity contribution is -0.126. The van der Waals surface area contributed by atoms with Crippen LogP contribution in [0.5, 0.6) is 0 Å². The van der Waals surface area contributed by atoms with Crippen molar-refractivity contribution in [2.45, 2.75) is 38.9 Å². The Morgan fingerprint density at radius 3 is 2.78 bits per heavy atom. The molecule has 0 aromatic carbocycles. The zero-order chi connectivity index (χ0) is 19.1. The highest BCUT2D eigenvalue weighted by molar-refractivity contribution is 5.79. The van der Waals surface area contributed by atoms with Crippen molar-refractivity contribution >= 4 is 11.9 Å². The van der Waals surface area contributed by atoms with Gasteiger partial charge in [0.15, 0.2) is 0 Å². The molecule has 27 heavy (non-hydrogen) atoms. The molecule has 2 aromatic rings. The molecule has 0 radical (unpaired) electrons. The molecule has 0 bridgehead atoms. The normalized spacial score (nSPS) is 16.0. The maximum absolute atomic E-state index is 12.4. The van der Waals surface area contributed by atoms with Crippen LogP contribution in [0.15, 0.2) is 37.1 Å². The topological polar surface area (TPSA) is 105 Å². The average molecular weight is 371 g/mol. The first-order valence-corrected chi connectivity index (χ1v) is 9.17. The number of rotatable bonds is 6. The fraction of sp³-hybridized carbons (Fsp3) is 0.500. The van der Waals surface area contributed by atoms with E-state index in [4.69, 9.17) is 0 Å². The van der Waals surface area contributed by atoms with Crippen molar-refractivity contribution in [3.05, 3.63) is 42.7 Å². The summed E-state index contributed by atoms with van der Waals surface area (Å²) in [5.74, 6) is -0.0365. The SMILES string of the molecule is C[C@@H](Cn1cncn1)NC(=O)N1CCC(C(=O)NCc2ccccn2)CC1. The van der Waals surface area contributed by atoms with E-state index in [1.165, 1.54) is 6.33 Å². The first-order chi connectivity index (χ1) is 13.1. The Balaban J connectivity index is 1.38. The van der Waals surface area contributed by atoms with Crippen molar-refractivity contribution in [2.24, 2.45) is 5.92 Å². The summed E-state index contributed by atoms with van der Waals surface area (Å²) in [6.45, 7) is 4.07. The molecule has 2 N–H and O–H groups in total. The van der Waals surface area contributed by atoms with Crippen LogP contribution < -0.4 is 10.6 Å². The monoisotopic (exact) mass is 371 g/mol. The van der Waals surface area contributed by atoms with Crippen LogP contribution >= 0.6 is 0 Å². The predicted molar refractivity (Wildman–Crippen MR) is 98.4 cm³/mol. The molecule has 1 aliphatic rings. The van der Waals surface area contributed by atoms with Gasteiger partial charge in [-0.1, -0.05) is 6.07 Å². The van der Waals surface area contributed by atoms with E-state index in [0.717, 1.165) is 5.69 Å². The Hall–Kier alpha value is -2.97. The highest BCUT2D eigenvalue weighted by Crippen LogP contribution is 2.17. The number of carbonyl (C=O) groups excluding carboxylic acids is 2. The third-order valence-corrected chi connectivity index (χ3v) is 4.62. The number of nitrogens with one attached hydrogen (secondary N) is 2. The average Bonchev–Trinajstić information content (AvgIpc) is 3.20. The van der Waals surface area contributed by atoms with Gasteiger partial charge in [0.1, 0.15) is 12.7 Å². The summed E-state index contributed by atoms with van der Waals surface area (Å²) < 4.78 is 1.68. The van der Waals surface area contributed by atoms with Gasteiger partial charge in [-0.15, -0.1) is 0 Å². The van der Waals surface area contributed by atoms with Gasteiger partial charge >= 0.3 is 6.03 Å². The molecule has 0 unspecified atom stereocenters. The summed E-state index contributed by atoms with van der Waals surface area (Å²) in [4.78, 5) is 34.6. The minimum atomic E-state index is -0.102. The Labute approximate surface area is 158 Å². The lowest BCUT2D eigenvalue weighted by atomic mass is 9.96. The molecular weight excluding hydrogens is 346 g/mol. The van der Waals surface area contributed by atoms with Gasteiger partial charge in [0, 0.05) is 31.2 Å². The highest BCUT2D eigenvalue weighted by Gasteiger charge is 2.27. The third kappa shape index (κ3) is 5.50. The fourth-order valence-corrected chi connectivity index (χ4v) is 3.12. The van der Waals surface area contributed by atoms with Crippen molar-refractivity contribution in [3.63, 3.8) is 0 Å². The molecule has 3 amide bonds. The lowest BCUT2D eigenvalue weighted by Crippen LogP contribution is -2.49. The second-order valence-corrected chi connectivity index (χ2v) is 6.77. The molecule has 0 saturated carbocycles. The van der Waals surface area contributed by atoms with Crippen LogP contribution in [-0.2, 0) is 17.9 Å². The van der Waals surface area contributed by atoms with Crippen LogP contribution in [0, 0.1) is 5.92 Å². The maximum Gasteiger partial charge on any atom is 0.317 e. The Morgan fingerprint density at radius 2 is 2.11 bits per heavy atom. The fourth-order valence-electron chi connectivity index (χ4n) is 3.12. The lowest BCUT2D eigenvalue weighted by Gasteiger charge is -2.32. The van der Waals surface area contributed by atoms with E-state index in [9.17, 15) is 9.59 Å². The number of pyridine rings is 1. The van der Waals surface area contributed by atoms with Gasteiger partial charge in [0.2, 0.25) is 5.91 Å². The number of likely N-dealkylation sites (tertiary alicyclic amines) is 1. The van der Waals surface area contributed by atoms with Crippen LogP contribution in [0.4, 0.5) is 4.79 Å². The number of aromatic nitrogens is 4. The number of amides is 3. The molecule has 3 heterocycles. The Morgan fingerprint density at radius 1 is 1.30 bits per heavy atom. The number of carbonyl (C=O) groups is 2. The van der Waals surface area contributed by atoms with E-state index in [0.29, 0.717) is 39.0 Å². The van der Waals surface area contributed by atoms with Crippen molar-refractivity contribution in [2.75, 3.05) is 13.1 Å². The maximum atomic E-state index is 12.4. The molecule has 9 nitrogen and oxygen atoms in total. The van der Waals surface area contributed by atoms with Crippen molar-refractivity contribution in [3.8, 4) is 0 Å². The van der Waals surface area contributed by atoms with Gasteiger partial charge in [-0.05, 0) is 31.9 Å². The highest BCUT2D eigenvalue weighted by atomic mass is 16.2. The molecule has 1 saturated heterocycles. The Bertz CT molecular complexity index is 727. The molecule has 1 aliphatic heterocycles. The van der Waals surface area contributed by atoms with Crippen LogP contribution in [0.2, 0.25) is 0 Å².